The van der Waals surface area contributed by atoms with E-state index in [1.54, 1.807) is 6.20 Å². The minimum Gasteiger partial charge on any atom is -0.353 e. The Morgan fingerprint density at radius 1 is 1.22 bits per heavy atom. The molecular formula is C12H13N3O2S. The highest BCUT2D eigenvalue weighted by molar-refractivity contribution is 7.91. The molecule has 1 saturated heterocycles. The molecule has 1 aliphatic rings. The van der Waals surface area contributed by atoms with E-state index in [4.69, 9.17) is 0 Å². The zero-order chi connectivity index (χ0) is 12.8. The van der Waals surface area contributed by atoms with Crippen molar-refractivity contribution in [2.75, 3.05) is 24.2 Å². The monoisotopic (exact) mass is 263 g/mol. The molecule has 0 atom stereocenters. The van der Waals surface area contributed by atoms with E-state index >= 15 is 0 Å². The molecule has 0 unspecified atom stereocenters. The van der Waals surface area contributed by atoms with E-state index in [1.807, 2.05) is 29.2 Å². The fourth-order valence-electron chi connectivity index (χ4n) is 2.00. The molecule has 0 aliphatic carbocycles. The molecule has 0 saturated carbocycles. The maximum absolute atomic E-state index is 11.3. The van der Waals surface area contributed by atoms with Gasteiger partial charge in [-0.1, -0.05) is 12.1 Å². The Labute approximate surface area is 105 Å². The van der Waals surface area contributed by atoms with Gasteiger partial charge in [-0.25, -0.2) is 13.4 Å². The van der Waals surface area contributed by atoms with E-state index in [0.29, 0.717) is 13.1 Å². The number of rotatable bonds is 2. The molecule has 18 heavy (non-hydrogen) atoms. The van der Waals surface area contributed by atoms with Crippen molar-refractivity contribution in [1.82, 2.24) is 9.97 Å². The number of para-hydroxylation sites is 2. The first-order chi connectivity index (χ1) is 8.54. The van der Waals surface area contributed by atoms with Gasteiger partial charge < -0.3 is 4.90 Å². The summed E-state index contributed by atoms with van der Waals surface area (Å²) in [6.45, 7) is 1.01. The number of nitrogens with zero attached hydrogens (tertiary/aromatic N) is 3. The Hall–Kier alpha value is -1.69. The lowest BCUT2D eigenvalue weighted by Gasteiger charge is -2.38. The Bertz CT molecular complexity index is 693. The molecule has 0 amide bonds. The van der Waals surface area contributed by atoms with Crippen LogP contribution in [0.1, 0.15) is 0 Å². The van der Waals surface area contributed by atoms with Crippen LogP contribution in [-0.4, -0.2) is 43.0 Å². The van der Waals surface area contributed by atoms with E-state index in [-0.39, 0.29) is 5.25 Å². The fourth-order valence-corrected chi connectivity index (χ4v) is 2.90. The van der Waals surface area contributed by atoms with Gasteiger partial charge in [-0.15, -0.1) is 0 Å². The van der Waals surface area contributed by atoms with Gasteiger partial charge >= 0.3 is 0 Å². The van der Waals surface area contributed by atoms with Crippen LogP contribution < -0.4 is 4.90 Å². The molecule has 2 heterocycles. The molecule has 1 aromatic carbocycles. The minimum atomic E-state index is -2.94. The number of anilines is 1. The topological polar surface area (TPSA) is 63.2 Å². The normalized spacial score (nSPS) is 16.8. The Kier molecular flexibility index (Phi) is 2.48. The summed E-state index contributed by atoms with van der Waals surface area (Å²) in [5.41, 5.74) is 1.68. The summed E-state index contributed by atoms with van der Waals surface area (Å²) in [5, 5.41) is -0.272. The van der Waals surface area contributed by atoms with Crippen LogP contribution in [0, 0.1) is 0 Å². The standard InChI is InChI=1S/C12H13N3O2S/c1-18(16,17)9-7-15(8-9)12-6-13-10-4-2-3-5-11(10)14-12/h2-6,9H,7-8H2,1H3. The van der Waals surface area contributed by atoms with Crippen LogP contribution in [0.15, 0.2) is 30.5 Å². The fraction of sp³-hybridized carbons (Fsp3) is 0.333. The summed E-state index contributed by atoms with van der Waals surface area (Å²) in [5.74, 6) is 0.744. The summed E-state index contributed by atoms with van der Waals surface area (Å²) >= 11 is 0. The number of aromatic nitrogens is 2. The first-order valence-electron chi connectivity index (χ1n) is 5.69. The second-order valence-corrected chi connectivity index (χ2v) is 6.90. The third kappa shape index (κ3) is 1.92. The highest BCUT2D eigenvalue weighted by Crippen LogP contribution is 2.23. The van der Waals surface area contributed by atoms with Gasteiger partial charge in [0.15, 0.2) is 9.84 Å². The first kappa shape index (κ1) is 11.4. The van der Waals surface area contributed by atoms with Gasteiger partial charge in [0.05, 0.1) is 22.5 Å². The molecule has 0 radical (unpaired) electrons. The highest BCUT2D eigenvalue weighted by atomic mass is 32.2. The van der Waals surface area contributed by atoms with E-state index in [2.05, 4.69) is 9.97 Å². The molecule has 5 nitrogen and oxygen atoms in total. The lowest BCUT2D eigenvalue weighted by atomic mass is 10.2. The third-order valence-corrected chi connectivity index (χ3v) is 4.72. The van der Waals surface area contributed by atoms with Crippen LogP contribution in [0.2, 0.25) is 0 Å². The van der Waals surface area contributed by atoms with E-state index in [9.17, 15) is 8.42 Å². The molecule has 0 N–H and O–H groups in total. The largest absolute Gasteiger partial charge is 0.353 e. The second-order valence-electron chi connectivity index (χ2n) is 4.57. The van der Waals surface area contributed by atoms with E-state index in [0.717, 1.165) is 16.9 Å². The highest BCUT2D eigenvalue weighted by Gasteiger charge is 2.35. The molecule has 0 bridgehead atoms. The van der Waals surface area contributed by atoms with Crippen molar-refractivity contribution in [3.63, 3.8) is 0 Å². The molecule has 3 rings (SSSR count). The molecule has 6 heteroatoms. The molecule has 2 aromatic rings. The summed E-state index contributed by atoms with van der Waals surface area (Å²) in [6.07, 6.45) is 2.97. The summed E-state index contributed by atoms with van der Waals surface area (Å²) < 4.78 is 22.7. The Morgan fingerprint density at radius 2 is 1.89 bits per heavy atom. The van der Waals surface area contributed by atoms with Crippen molar-refractivity contribution < 1.29 is 8.42 Å². The Balaban J connectivity index is 1.85. The predicted molar refractivity (Wildman–Crippen MR) is 70.4 cm³/mol. The zero-order valence-electron chi connectivity index (χ0n) is 9.94. The average molecular weight is 263 g/mol. The zero-order valence-corrected chi connectivity index (χ0v) is 10.8. The SMILES string of the molecule is CS(=O)(=O)C1CN(c2cnc3ccccc3n2)C1. The van der Waals surface area contributed by atoms with Crippen LogP contribution in [0.5, 0.6) is 0 Å². The number of fused-ring (bicyclic) bond motifs is 1. The average Bonchev–Trinajstić information content (AvgIpc) is 2.25. The van der Waals surface area contributed by atoms with Crippen LogP contribution in [-0.2, 0) is 9.84 Å². The number of hydrogen-bond acceptors (Lipinski definition) is 5. The molecular weight excluding hydrogens is 250 g/mol. The number of benzene rings is 1. The van der Waals surface area contributed by atoms with Crippen LogP contribution in [0.3, 0.4) is 0 Å². The summed E-state index contributed by atoms with van der Waals surface area (Å²) in [4.78, 5) is 10.7. The number of hydrogen-bond donors (Lipinski definition) is 0. The molecule has 1 aliphatic heterocycles. The second kappa shape index (κ2) is 3.91. The van der Waals surface area contributed by atoms with Crippen molar-refractivity contribution in [3.05, 3.63) is 30.5 Å². The summed E-state index contributed by atoms with van der Waals surface area (Å²) in [6, 6.07) is 7.64. The smallest absolute Gasteiger partial charge is 0.153 e. The lowest BCUT2D eigenvalue weighted by Crippen LogP contribution is -2.54. The predicted octanol–water partition coefficient (Wildman–Crippen LogP) is 0.863. The van der Waals surface area contributed by atoms with Crippen LogP contribution >= 0.6 is 0 Å². The van der Waals surface area contributed by atoms with Crippen LogP contribution in [0.4, 0.5) is 5.82 Å². The maximum atomic E-state index is 11.3. The number of sulfone groups is 1. The van der Waals surface area contributed by atoms with Gasteiger partial charge in [-0.3, -0.25) is 4.98 Å². The lowest BCUT2D eigenvalue weighted by molar-refractivity contribution is 0.544. The third-order valence-electron chi connectivity index (χ3n) is 3.21. The van der Waals surface area contributed by atoms with Gasteiger partial charge in [0.2, 0.25) is 0 Å². The van der Waals surface area contributed by atoms with E-state index < -0.39 is 9.84 Å². The van der Waals surface area contributed by atoms with E-state index in [1.165, 1.54) is 6.26 Å². The Morgan fingerprint density at radius 3 is 2.56 bits per heavy atom. The molecule has 1 fully saturated rings. The van der Waals surface area contributed by atoms with Crippen molar-refractivity contribution in [2.24, 2.45) is 0 Å². The molecule has 1 aromatic heterocycles. The molecule has 94 valence electrons. The van der Waals surface area contributed by atoms with Crippen molar-refractivity contribution in [1.29, 1.82) is 0 Å². The van der Waals surface area contributed by atoms with Crippen molar-refractivity contribution in [2.45, 2.75) is 5.25 Å². The van der Waals surface area contributed by atoms with Gasteiger partial charge in [0.25, 0.3) is 0 Å². The molecule has 0 spiro atoms. The first-order valence-corrected chi connectivity index (χ1v) is 7.65. The van der Waals surface area contributed by atoms with Gasteiger partial charge in [-0.05, 0) is 12.1 Å². The minimum absolute atomic E-state index is 0.272. The van der Waals surface area contributed by atoms with Gasteiger partial charge in [0.1, 0.15) is 5.82 Å². The van der Waals surface area contributed by atoms with Crippen LogP contribution in [0.25, 0.3) is 11.0 Å². The quantitative estimate of drug-likeness (QED) is 0.804. The van der Waals surface area contributed by atoms with Gasteiger partial charge in [0, 0.05) is 19.3 Å². The maximum Gasteiger partial charge on any atom is 0.153 e. The van der Waals surface area contributed by atoms with Crippen molar-refractivity contribution >= 4 is 26.7 Å². The van der Waals surface area contributed by atoms with Gasteiger partial charge in [-0.2, -0.15) is 0 Å². The van der Waals surface area contributed by atoms with Crippen molar-refractivity contribution in [3.8, 4) is 0 Å². The summed E-state index contributed by atoms with van der Waals surface area (Å²) in [7, 11) is -2.94.